The van der Waals surface area contributed by atoms with Gasteiger partial charge in [-0.3, -0.25) is 0 Å². The molecule has 2 unspecified atom stereocenters. The Labute approximate surface area is 120 Å². The van der Waals surface area contributed by atoms with Gasteiger partial charge >= 0.3 is 0 Å². The van der Waals surface area contributed by atoms with Crippen LogP contribution in [0.5, 0.6) is 0 Å². The molecule has 0 aromatic heterocycles. The first-order valence-electron chi connectivity index (χ1n) is 6.88. The van der Waals surface area contributed by atoms with Crippen molar-refractivity contribution in [3.05, 3.63) is 23.2 Å². The first-order chi connectivity index (χ1) is 9.11. The largest absolute Gasteiger partial charge is 0.379 e. The van der Waals surface area contributed by atoms with E-state index >= 15 is 0 Å². The summed E-state index contributed by atoms with van der Waals surface area (Å²) in [6.45, 7) is 0. The van der Waals surface area contributed by atoms with Crippen LogP contribution in [-0.2, 0) is 4.74 Å². The minimum absolute atomic E-state index is 0.294. The zero-order valence-corrected chi connectivity index (χ0v) is 12.7. The van der Waals surface area contributed by atoms with Crippen LogP contribution in [0.2, 0.25) is 5.02 Å². The molecule has 0 spiro atoms. The highest BCUT2D eigenvalue weighted by Gasteiger charge is 2.25. The zero-order valence-electron chi connectivity index (χ0n) is 11.9. The third-order valence-corrected chi connectivity index (χ3v) is 4.02. The Morgan fingerprint density at radius 1 is 1.26 bits per heavy atom. The minimum Gasteiger partial charge on any atom is -0.379 e. The molecule has 0 bridgehead atoms. The molecule has 2 atom stereocenters. The second-order valence-electron chi connectivity index (χ2n) is 5.37. The van der Waals surface area contributed by atoms with Crippen LogP contribution in [0.1, 0.15) is 25.7 Å². The lowest BCUT2D eigenvalue weighted by Crippen LogP contribution is -2.38. The molecule has 19 heavy (non-hydrogen) atoms. The fourth-order valence-corrected chi connectivity index (χ4v) is 2.93. The molecule has 106 valence electrons. The number of ether oxygens (including phenoxy) is 1. The topological polar surface area (TPSA) is 24.5 Å². The van der Waals surface area contributed by atoms with E-state index < -0.39 is 0 Å². The third kappa shape index (κ3) is 3.54. The lowest BCUT2D eigenvalue weighted by molar-refractivity contribution is 0.0606. The summed E-state index contributed by atoms with van der Waals surface area (Å²) < 4.78 is 5.60. The Morgan fingerprint density at radius 3 is 2.68 bits per heavy atom. The Bertz CT molecular complexity index is 423. The van der Waals surface area contributed by atoms with E-state index in [4.69, 9.17) is 16.3 Å². The second kappa shape index (κ2) is 6.49. The van der Waals surface area contributed by atoms with Crippen molar-refractivity contribution in [2.45, 2.75) is 37.8 Å². The van der Waals surface area contributed by atoms with Crippen LogP contribution in [0.15, 0.2) is 18.2 Å². The average Bonchev–Trinajstić information content (AvgIpc) is 2.39. The van der Waals surface area contributed by atoms with Gasteiger partial charge in [0.1, 0.15) is 0 Å². The van der Waals surface area contributed by atoms with E-state index in [0.717, 1.165) is 29.2 Å². The van der Waals surface area contributed by atoms with E-state index in [-0.39, 0.29) is 0 Å². The number of anilines is 2. The summed E-state index contributed by atoms with van der Waals surface area (Å²) in [6.07, 6.45) is 5.09. The molecule has 1 saturated carbocycles. The molecule has 1 aliphatic carbocycles. The van der Waals surface area contributed by atoms with Gasteiger partial charge in [0, 0.05) is 26.2 Å². The number of benzene rings is 1. The van der Waals surface area contributed by atoms with Gasteiger partial charge in [-0.15, -0.1) is 0 Å². The first-order valence-corrected chi connectivity index (χ1v) is 7.26. The number of rotatable bonds is 4. The normalized spacial score (nSPS) is 23.2. The molecule has 0 saturated heterocycles. The van der Waals surface area contributed by atoms with Gasteiger partial charge in [-0.05, 0) is 31.0 Å². The van der Waals surface area contributed by atoms with Gasteiger partial charge in [0.15, 0.2) is 0 Å². The van der Waals surface area contributed by atoms with Gasteiger partial charge in [-0.25, -0.2) is 0 Å². The molecular formula is C15H23ClN2O. The van der Waals surface area contributed by atoms with Crippen molar-refractivity contribution in [1.82, 2.24) is 0 Å². The molecule has 0 heterocycles. The molecule has 1 aromatic rings. The fraction of sp³-hybridized carbons (Fsp3) is 0.600. The van der Waals surface area contributed by atoms with Gasteiger partial charge < -0.3 is 15.0 Å². The van der Waals surface area contributed by atoms with E-state index in [2.05, 4.69) is 16.3 Å². The number of nitrogens with zero attached hydrogens (tertiary/aromatic N) is 1. The maximum atomic E-state index is 6.12. The number of nitrogens with one attached hydrogen (secondary N) is 1. The summed E-state index contributed by atoms with van der Waals surface area (Å²) in [5.41, 5.74) is 2.25. The maximum absolute atomic E-state index is 6.12. The van der Waals surface area contributed by atoms with Crippen molar-refractivity contribution in [2.24, 2.45) is 0 Å². The predicted molar refractivity (Wildman–Crippen MR) is 82.5 cm³/mol. The zero-order chi connectivity index (χ0) is 13.8. The van der Waals surface area contributed by atoms with Gasteiger partial charge in [0.2, 0.25) is 0 Å². The average molecular weight is 283 g/mol. The van der Waals surface area contributed by atoms with Crippen LogP contribution in [0.4, 0.5) is 11.4 Å². The standard InChI is InChI=1S/C15H23ClN2O/c1-18(2)14-9-8-11(16)10-13(14)17-12-6-4-5-7-15(12)19-3/h8-10,12,15,17H,4-7H2,1-3H3. The molecule has 4 heteroatoms. The first kappa shape index (κ1) is 14.5. The molecule has 3 nitrogen and oxygen atoms in total. The van der Waals surface area contributed by atoms with E-state index in [1.807, 2.05) is 26.2 Å². The van der Waals surface area contributed by atoms with Crippen molar-refractivity contribution >= 4 is 23.0 Å². The Kier molecular flexibility index (Phi) is 4.94. The summed E-state index contributed by atoms with van der Waals surface area (Å²) in [6, 6.07) is 6.35. The van der Waals surface area contributed by atoms with Crippen molar-refractivity contribution < 1.29 is 4.74 Å². The molecule has 0 radical (unpaired) electrons. The Balaban J connectivity index is 2.19. The lowest BCUT2D eigenvalue weighted by atomic mass is 9.92. The summed E-state index contributed by atoms with van der Waals surface area (Å²) >= 11 is 6.12. The van der Waals surface area contributed by atoms with Crippen molar-refractivity contribution in [2.75, 3.05) is 31.4 Å². The number of hydrogen-bond donors (Lipinski definition) is 1. The highest BCUT2D eigenvalue weighted by atomic mass is 35.5. The number of hydrogen-bond acceptors (Lipinski definition) is 3. The summed E-state index contributed by atoms with van der Waals surface area (Å²) in [7, 11) is 5.89. The molecule has 1 fully saturated rings. The van der Waals surface area contributed by atoms with Crippen LogP contribution in [-0.4, -0.2) is 33.4 Å². The van der Waals surface area contributed by atoms with Crippen LogP contribution >= 0.6 is 11.6 Å². The quantitative estimate of drug-likeness (QED) is 0.910. The molecule has 1 aromatic carbocycles. The van der Waals surface area contributed by atoms with Gasteiger partial charge in [-0.2, -0.15) is 0 Å². The van der Waals surface area contributed by atoms with Crippen LogP contribution in [0.25, 0.3) is 0 Å². The highest BCUT2D eigenvalue weighted by molar-refractivity contribution is 6.31. The van der Waals surface area contributed by atoms with E-state index in [9.17, 15) is 0 Å². The molecule has 1 N–H and O–H groups in total. The van der Waals surface area contributed by atoms with Crippen molar-refractivity contribution in [3.63, 3.8) is 0 Å². The van der Waals surface area contributed by atoms with Gasteiger partial charge in [-0.1, -0.05) is 24.4 Å². The highest BCUT2D eigenvalue weighted by Crippen LogP contribution is 2.31. The molecular weight excluding hydrogens is 260 g/mol. The summed E-state index contributed by atoms with van der Waals surface area (Å²) in [5.74, 6) is 0. The summed E-state index contributed by atoms with van der Waals surface area (Å²) in [5, 5.41) is 4.38. The second-order valence-corrected chi connectivity index (χ2v) is 5.80. The summed E-state index contributed by atoms with van der Waals surface area (Å²) in [4.78, 5) is 2.10. The third-order valence-electron chi connectivity index (χ3n) is 3.79. The molecule has 1 aliphatic rings. The maximum Gasteiger partial charge on any atom is 0.0772 e. The van der Waals surface area contributed by atoms with Gasteiger partial charge in [0.25, 0.3) is 0 Å². The van der Waals surface area contributed by atoms with Gasteiger partial charge in [0.05, 0.1) is 23.5 Å². The predicted octanol–water partition coefficient (Wildman–Crippen LogP) is 3.78. The number of methoxy groups -OCH3 is 1. The van der Waals surface area contributed by atoms with Crippen molar-refractivity contribution in [1.29, 1.82) is 0 Å². The van der Waals surface area contributed by atoms with E-state index in [1.165, 1.54) is 12.8 Å². The molecule has 0 amide bonds. The SMILES string of the molecule is COC1CCCCC1Nc1cc(Cl)ccc1N(C)C. The van der Waals surface area contributed by atoms with E-state index in [1.54, 1.807) is 7.11 Å². The fourth-order valence-electron chi connectivity index (χ4n) is 2.76. The van der Waals surface area contributed by atoms with E-state index in [0.29, 0.717) is 12.1 Å². The van der Waals surface area contributed by atoms with Crippen LogP contribution in [0, 0.1) is 0 Å². The van der Waals surface area contributed by atoms with Crippen molar-refractivity contribution in [3.8, 4) is 0 Å². The van der Waals surface area contributed by atoms with Crippen LogP contribution < -0.4 is 10.2 Å². The smallest absolute Gasteiger partial charge is 0.0772 e. The molecule has 0 aliphatic heterocycles. The minimum atomic E-state index is 0.294. The van der Waals surface area contributed by atoms with Crippen LogP contribution in [0.3, 0.4) is 0 Å². The number of halogens is 1. The Hall–Kier alpha value is -0.930. The lowest BCUT2D eigenvalue weighted by Gasteiger charge is -2.33. The Morgan fingerprint density at radius 2 is 2.00 bits per heavy atom. The monoisotopic (exact) mass is 282 g/mol. The molecule has 2 rings (SSSR count).